The van der Waals surface area contributed by atoms with Crippen LogP contribution in [0.3, 0.4) is 0 Å². The lowest BCUT2D eigenvalue weighted by molar-refractivity contribution is 0.0352. The van der Waals surface area contributed by atoms with Crippen molar-refractivity contribution in [3.8, 4) is 23.0 Å². The van der Waals surface area contributed by atoms with Crippen LogP contribution in [0.5, 0.6) is 23.0 Å². The second kappa shape index (κ2) is 13.3. The molecule has 0 bridgehead atoms. The number of benzene rings is 2. The van der Waals surface area contributed by atoms with Gasteiger partial charge in [-0.15, -0.1) is 0 Å². The van der Waals surface area contributed by atoms with Crippen molar-refractivity contribution < 1.29 is 14.4 Å². The Bertz CT molecular complexity index is 938. The molecule has 0 aliphatic carbocycles. The molecule has 0 aliphatic heterocycles. The van der Waals surface area contributed by atoms with Crippen molar-refractivity contribution in [1.29, 1.82) is 0 Å². The molecule has 2 rings (SSSR count). The topological polar surface area (TPSA) is 80.3 Å². The first-order valence-corrected chi connectivity index (χ1v) is 10.1. The summed E-state index contributed by atoms with van der Waals surface area (Å²) in [5.74, 6) is 1.78. The predicted octanol–water partition coefficient (Wildman–Crippen LogP) is 6.96. The fourth-order valence-corrected chi connectivity index (χ4v) is 2.51. The number of hydroxylamine groups is 4. The Balaban J connectivity index is 1.98. The van der Waals surface area contributed by atoms with Crippen molar-refractivity contribution >= 4 is 0 Å². The zero-order valence-corrected chi connectivity index (χ0v) is 18.6. The molecule has 0 fully saturated rings. The molecule has 7 nitrogen and oxygen atoms in total. The van der Waals surface area contributed by atoms with Gasteiger partial charge in [0.25, 0.3) is 0 Å². The van der Waals surface area contributed by atoms with E-state index in [-0.39, 0.29) is 0 Å². The second-order valence-electron chi connectivity index (χ2n) is 6.40. The zero-order valence-electron chi connectivity index (χ0n) is 18.6. The maximum atomic E-state index is 12.1. The molecule has 0 amide bonds. The van der Waals surface area contributed by atoms with Crippen molar-refractivity contribution in [3.63, 3.8) is 0 Å². The predicted molar refractivity (Wildman–Crippen MR) is 131 cm³/mol. The van der Waals surface area contributed by atoms with Crippen LogP contribution in [0.25, 0.3) is 0 Å². The van der Waals surface area contributed by atoms with Gasteiger partial charge in [-0.1, -0.05) is 37.5 Å². The Labute approximate surface area is 194 Å². The quantitative estimate of drug-likeness (QED) is 0.257. The van der Waals surface area contributed by atoms with Gasteiger partial charge in [-0.2, -0.15) is 0 Å². The summed E-state index contributed by atoms with van der Waals surface area (Å²) in [6.45, 7) is 10.8. The lowest BCUT2D eigenvalue weighted by atomic mass is 10.3. The molecule has 0 atom stereocenters. The van der Waals surface area contributed by atoms with Gasteiger partial charge >= 0.3 is 0 Å². The van der Waals surface area contributed by atoms with Crippen LogP contribution in [0.1, 0.15) is 13.8 Å². The van der Waals surface area contributed by atoms with Crippen LogP contribution in [0.2, 0.25) is 0 Å². The number of nitrogens with zero attached hydrogens (tertiary/aromatic N) is 2. The van der Waals surface area contributed by atoms with Crippen LogP contribution >= 0.6 is 0 Å². The molecule has 0 aliphatic rings. The Kier molecular flexibility index (Phi) is 10.1. The first kappa shape index (κ1) is 25.1. The average Bonchev–Trinajstić information content (AvgIpc) is 2.81. The average molecular weight is 447 g/mol. The molecule has 2 aromatic rings. The third kappa shape index (κ3) is 8.10. The molecule has 0 N–H and O–H groups in total. The van der Waals surface area contributed by atoms with Crippen LogP contribution in [-0.2, 0) is 0 Å². The summed E-state index contributed by atoms with van der Waals surface area (Å²) >= 11 is 0. The molecule has 0 unspecified atom stereocenters. The summed E-state index contributed by atoms with van der Waals surface area (Å²) in [5, 5.41) is 25.1. The van der Waals surface area contributed by atoms with Gasteiger partial charge in [0.05, 0.1) is 11.4 Å². The zero-order chi connectivity index (χ0) is 24.1. The van der Waals surface area contributed by atoms with Crippen LogP contribution < -0.4 is 14.4 Å². The number of rotatable bonds is 12. The normalized spacial score (nSPS) is 12.0. The largest absolute Gasteiger partial charge is 0.724 e. The third-order valence-electron chi connectivity index (χ3n) is 3.93. The SMILES string of the molecule is C=C/C=C(\C=C/C)N([O-])Oc1ccc(Oc2ccc(ON([O-])C(/C=C\C)=C/C=C)cc2)cc1. The summed E-state index contributed by atoms with van der Waals surface area (Å²) in [5.41, 5.74) is 0.620. The van der Waals surface area contributed by atoms with E-state index in [4.69, 9.17) is 14.4 Å². The monoisotopic (exact) mass is 446 g/mol. The standard InChI is InChI=1S/C26H26N2O5/c1-5-9-21(10-6-2)27(29)32-25-17-13-23(14-18-25)31-24-15-19-26(20-16-24)33-28(30)22(11-7-3)12-8-4/h5-20H,1,3H2,2,4H3/q-2/b10-6-,12-8-,21-9+,22-11+. The highest BCUT2D eigenvalue weighted by Crippen LogP contribution is 2.27. The summed E-state index contributed by atoms with van der Waals surface area (Å²) in [6, 6.07) is 13.1. The Hall–Kier alpha value is -4.20. The van der Waals surface area contributed by atoms with Gasteiger partial charge in [0, 0.05) is 0 Å². The molecule has 0 aromatic heterocycles. The van der Waals surface area contributed by atoms with E-state index in [0.717, 1.165) is 0 Å². The van der Waals surface area contributed by atoms with Gasteiger partial charge in [-0.05, 0) is 86.7 Å². The summed E-state index contributed by atoms with van der Waals surface area (Å²) < 4.78 is 5.78. The molecule has 33 heavy (non-hydrogen) atoms. The summed E-state index contributed by atoms with van der Waals surface area (Å²) in [7, 11) is 0. The van der Waals surface area contributed by atoms with Gasteiger partial charge in [0.2, 0.25) is 0 Å². The molecule has 7 heteroatoms. The highest BCUT2D eigenvalue weighted by Gasteiger charge is 2.04. The fourth-order valence-electron chi connectivity index (χ4n) is 2.51. The molecular weight excluding hydrogens is 420 g/mol. The van der Waals surface area contributed by atoms with Crippen LogP contribution in [-0.4, -0.2) is 10.5 Å². The Morgan fingerprint density at radius 1 is 0.667 bits per heavy atom. The van der Waals surface area contributed by atoms with Crippen LogP contribution in [0, 0.1) is 10.4 Å². The van der Waals surface area contributed by atoms with Gasteiger partial charge in [0.1, 0.15) is 11.5 Å². The fraction of sp³-hybridized carbons (Fsp3) is 0.0769. The Morgan fingerprint density at radius 2 is 1.00 bits per heavy atom. The van der Waals surface area contributed by atoms with Crippen molar-refractivity contribution in [1.82, 2.24) is 10.5 Å². The highest BCUT2D eigenvalue weighted by molar-refractivity contribution is 5.38. The van der Waals surface area contributed by atoms with Gasteiger partial charge < -0.3 is 24.8 Å². The van der Waals surface area contributed by atoms with Gasteiger partial charge in [-0.3, -0.25) is 10.5 Å². The molecular formula is C26H26N2O5-2. The van der Waals surface area contributed by atoms with E-state index in [9.17, 15) is 10.4 Å². The van der Waals surface area contributed by atoms with Crippen molar-refractivity contribution in [2.45, 2.75) is 13.8 Å². The summed E-state index contributed by atoms with van der Waals surface area (Å²) in [4.78, 5) is 10.6. The van der Waals surface area contributed by atoms with Gasteiger partial charge in [-0.25, -0.2) is 0 Å². The lowest BCUT2D eigenvalue weighted by Crippen LogP contribution is -2.18. The Morgan fingerprint density at radius 3 is 1.30 bits per heavy atom. The minimum atomic E-state index is 0.310. The van der Waals surface area contributed by atoms with Gasteiger partial charge in [0.15, 0.2) is 11.5 Å². The van der Waals surface area contributed by atoms with E-state index < -0.39 is 0 Å². The van der Waals surface area contributed by atoms with Crippen LogP contribution in [0.4, 0.5) is 0 Å². The maximum absolute atomic E-state index is 12.1. The molecule has 0 saturated heterocycles. The molecule has 0 spiro atoms. The summed E-state index contributed by atoms with van der Waals surface area (Å²) in [6.07, 6.45) is 12.8. The van der Waals surface area contributed by atoms with Crippen molar-refractivity contribution in [2.24, 2.45) is 0 Å². The number of hydrogen-bond donors (Lipinski definition) is 0. The highest BCUT2D eigenvalue weighted by atomic mass is 16.9. The van der Waals surface area contributed by atoms with E-state index >= 15 is 0 Å². The maximum Gasteiger partial charge on any atom is 0.154 e. The van der Waals surface area contributed by atoms with Crippen LogP contribution in [0.15, 0.2) is 122 Å². The first-order valence-electron chi connectivity index (χ1n) is 10.1. The minimum absolute atomic E-state index is 0.310. The molecule has 172 valence electrons. The number of allylic oxidation sites excluding steroid dienone is 8. The molecule has 0 radical (unpaired) electrons. The first-order chi connectivity index (χ1) is 16.0. The van der Waals surface area contributed by atoms with Crippen molar-refractivity contribution in [3.05, 3.63) is 132 Å². The van der Waals surface area contributed by atoms with Crippen molar-refractivity contribution in [2.75, 3.05) is 0 Å². The lowest BCUT2D eigenvalue weighted by Gasteiger charge is -2.30. The smallest absolute Gasteiger partial charge is 0.154 e. The minimum Gasteiger partial charge on any atom is -0.724 e. The van der Waals surface area contributed by atoms with E-state index in [1.165, 1.54) is 12.2 Å². The number of ether oxygens (including phenoxy) is 1. The third-order valence-corrected chi connectivity index (χ3v) is 3.93. The van der Waals surface area contributed by atoms with E-state index in [1.54, 1.807) is 98.8 Å². The molecule has 0 saturated carbocycles. The van der Waals surface area contributed by atoms with E-state index in [2.05, 4.69) is 13.2 Å². The molecule has 0 heterocycles. The second-order valence-corrected chi connectivity index (χ2v) is 6.40. The van der Waals surface area contributed by atoms with E-state index in [1.807, 2.05) is 0 Å². The number of hydrogen-bond acceptors (Lipinski definition) is 7. The molecule has 2 aromatic carbocycles. The van der Waals surface area contributed by atoms with E-state index in [0.29, 0.717) is 44.8 Å².